The molecule has 0 bridgehead atoms. The van der Waals surface area contributed by atoms with E-state index in [4.69, 9.17) is 0 Å². The Kier molecular flexibility index (Phi) is 4.90. The molecule has 1 aromatic rings. The van der Waals surface area contributed by atoms with Gasteiger partial charge in [0.05, 0.1) is 11.2 Å². The van der Waals surface area contributed by atoms with Crippen LogP contribution in [0.1, 0.15) is 43.0 Å². The Hall–Kier alpha value is -0.820. The van der Waals surface area contributed by atoms with Crippen LogP contribution in [0.2, 0.25) is 0 Å². The van der Waals surface area contributed by atoms with Crippen LogP contribution in [0.5, 0.6) is 5.75 Å². The lowest BCUT2D eigenvalue weighted by Gasteiger charge is -2.35. The maximum atomic E-state index is 12.1. The van der Waals surface area contributed by atoms with E-state index in [0.29, 0.717) is 12.3 Å². The summed E-state index contributed by atoms with van der Waals surface area (Å²) in [6.07, 6.45) is 3.55. The quantitative estimate of drug-likeness (QED) is 0.697. The Morgan fingerprint density at radius 3 is 3.00 bits per heavy atom. The van der Waals surface area contributed by atoms with Crippen molar-refractivity contribution >= 4 is 28.5 Å². The van der Waals surface area contributed by atoms with Gasteiger partial charge in [-0.2, -0.15) is 0 Å². The lowest BCUT2D eigenvalue weighted by Crippen LogP contribution is -2.45. The normalized spacial score (nSPS) is 26.2. The summed E-state index contributed by atoms with van der Waals surface area (Å²) in [7, 11) is 0. The first-order valence-electron chi connectivity index (χ1n) is 6.89. The summed E-state index contributed by atoms with van der Waals surface area (Å²) in [4.78, 5) is 12.1. The molecule has 3 N–H and O–H groups in total. The smallest absolute Gasteiger partial charge is 0.255 e. The van der Waals surface area contributed by atoms with E-state index in [0.717, 1.165) is 22.8 Å². The monoisotopic (exact) mass is 389 g/mol. The number of carbonyl (C=O) groups excluding carboxylic acids is 1. The topological polar surface area (TPSA) is 69.6 Å². The van der Waals surface area contributed by atoms with E-state index in [-0.39, 0.29) is 23.8 Å². The standard InChI is InChI=1S/C15H20INO3/c1-10-3-2-6-15(20,8-10)9-17-14(19)12-7-11(16)4-5-13(12)18/h4-5,7,10,18,20H,2-3,6,8-9H2,1H3,(H,17,19). The maximum Gasteiger partial charge on any atom is 0.255 e. The number of phenolic OH excluding ortho intramolecular Hbond substituents is 1. The van der Waals surface area contributed by atoms with Gasteiger partial charge >= 0.3 is 0 Å². The molecule has 1 aliphatic rings. The van der Waals surface area contributed by atoms with Crippen molar-refractivity contribution in [2.45, 2.75) is 38.2 Å². The summed E-state index contributed by atoms with van der Waals surface area (Å²) in [6.45, 7) is 2.36. The fraction of sp³-hybridized carbons (Fsp3) is 0.533. The molecule has 1 aromatic carbocycles. The van der Waals surface area contributed by atoms with Crippen molar-refractivity contribution in [2.75, 3.05) is 6.54 Å². The molecule has 5 heteroatoms. The van der Waals surface area contributed by atoms with Gasteiger partial charge in [-0.3, -0.25) is 4.79 Å². The number of aromatic hydroxyl groups is 1. The second-order valence-electron chi connectivity index (χ2n) is 5.77. The van der Waals surface area contributed by atoms with Crippen molar-refractivity contribution in [1.82, 2.24) is 5.32 Å². The summed E-state index contributed by atoms with van der Waals surface area (Å²) in [5, 5.41) is 23.0. The van der Waals surface area contributed by atoms with Crippen LogP contribution in [0.15, 0.2) is 18.2 Å². The van der Waals surface area contributed by atoms with Crippen molar-refractivity contribution in [3.8, 4) is 5.75 Å². The molecule has 0 aliphatic heterocycles. The molecule has 0 heterocycles. The van der Waals surface area contributed by atoms with Gasteiger partial charge in [0.25, 0.3) is 5.91 Å². The van der Waals surface area contributed by atoms with Crippen molar-refractivity contribution in [1.29, 1.82) is 0 Å². The van der Waals surface area contributed by atoms with E-state index in [1.807, 2.05) is 0 Å². The van der Waals surface area contributed by atoms with Gasteiger partial charge < -0.3 is 15.5 Å². The average Bonchev–Trinajstić information content (AvgIpc) is 2.39. The molecule has 1 aliphatic carbocycles. The summed E-state index contributed by atoms with van der Waals surface area (Å²) in [5.74, 6) is 0.108. The first-order valence-corrected chi connectivity index (χ1v) is 7.97. The molecule has 2 rings (SSSR count). The van der Waals surface area contributed by atoms with Crippen molar-refractivity contribution in [3.63, 3.8) is 0 Å². The van der Waals surface area contributed by atoms with Crippen LogP contribution in [0.25, 0.3) is 0 Å². The molecule has 20 heavy (non-hydrogen) atoms. The number of nitrogens with one attached hydrogen (secondary N) is 1. The third-order valence-corrected chi connectivity index (χ3v) is 4.52. The van der Waals surface area contributed by atoms with E-state index in [9.17, 15) is 15.0 Å². The highest BCUT2D eigenvalue weighted by Gasteiger charge is 2.33. The highest BCUT2D eigenvalue weighted by Crippen LogP contribution is 2.31. The van der Waals surface area contributed by atoms with Crippen LogP contribution >= 0.6 is 22.6 Å². The number of phenols is 1. The fourth-order valence-corrected chi connectivity index (χ4v) is 3.31. The van der Waals surface area contributed by atoms with Gasteiger partial charge in [0.2, 0.25) is 0 Å². The molecule has 2 atom stereocenters. The fourth-order valence-electron chi connectivity index (χ4n) is 2.82. The Balaban J connectivity index is 1.99. The Morgan fingerprint density at radius 2 is 2.30 bits per heavy atom. The minimum Gasteiger partial charge on any atom is -0.507 e. The van der Waals surface area contributed by atoms with Gasteiger partial charge in [-0.15, -0.1) is 0 Å². The number of rotatable bonds is 3. The van der Waals surface area contributed by atoms with Crippen LogP contribution < -0.4 is 5.32 Å². The third-order valence-electron chi connectivity index (χ3n) is 3.85. The highest BCUT2D eigenvalue weighted by molar-refractivity contribution is 14.1. The van der Waals surface area contributed by atoms with Gasteiger partial charge in [0.15, 0.2) is 0 Å². The maximum absolute atomic E-state index is 12.1. The lowest BCUT2D eigenvalue weighted by atomic mass is 9.79. The zero-order valence-electron chi connectivity index (χ0n) is 11.5. The summed E-state index contributed by atoms with van der Waals surface area (Å²) < 4.78 is 0.885. The van der Waals surface area contributed by atoms with Crippen molar-refractivity contribution < 1.29 is 15.0 Å². The second-order valence-corrected chi connectivity index (χ2v) is 7.02. The number of aliphatic hydroxyl groups is 1. The van der Waals surface area contributed by atoms with E-state index < -0.39 is 5.60 Å². The van der Waals surface area contributed by atoms with E-state index >= 15 is 0 Å². The van der Waals surface area contributed by atoms with Gasteiger partial charge in [-0.25, -0.2) is 0 Å². The minimum atomic E-state index is -0.815. The van der Waals surface area contributed by atoms with Crippen LogP contribution in [0, 0.1) is 9.49 Å². The number of carbonyl (C=O) groups is 1. The molecule has 0 spiro atoms. The summed E-state index contributed by atoms with van der Waals surface area (Å²) >= 11 is 2.09. The Bertz CT molecular complexity index is 506. The molecule has 110 valence electrons. The largest absolute Gasteiger partial charge is 0.507 e. The highest BCUT2D eigenvalue weighted by atomic mass is 127. The third kappa shape index (κ3) is 3.85. The van der Waals surface area contributed by atoms with Crippen LogP contribution in [-0.4, -0.2) is 28.3 Å². The number of halogens is 1. The molecule has 0 radical (unpaired) electrons. The van der Waals surface area contributed by atoms with Gasteiger partial charge in [-0.1, -0.05) is 19.8 Å². The number of amides is 1. The molecule has 1 fully saturated rings. The van der Waals surface area contributed by atoms with Crippen LogP contribution in [0.4, 0.5) is 0 Å². The van der Waals surface area contributed by atoms with Gasteiger partial charge in [0.1, 0.15) is 5.75 Å². The first-order chi connectivity index (χ1) is 9.39. The van der Waals surface area contributed by atoms with E-state index in [2.05, 4.69) is 34.8 Å². The zero-order chi connectivity index (χ0) is 14.8. The van der Waals surface area contributed by atoms with Gasteiger partial charge in [0, 0.05) is 10.1 Å². The second kappa shape index (κ2) is 6.30. The minimum absolute atomic E-state index is 0.0353. The van der Waals surface area contributed by atoms with Crippen LogP contribution in [-0.2, 0) is 0 Å². The van der Waals surface area contributed by atoms with Crippen molar-refractivity contribution in [3.05, 3.63) is 27.3 Å². The molecule has 0 aromatic heterocycles. The van der Waals surface area contributed by atoms with Gasteiger partial charge in [-0.05, 0) is 59.5 Å². The first kappa shape index (κ1) is 15.6. The van der Waals surface area contributed by atoms with E-state index in [1.165, 1.54) is 6.07 Å². The van der Waals surface area contributed by atoms with E-state index in [1.54, 1.807) is 12.1 Å². The zero-order valence-corrected chi connectivity index (χ0v) is 13.7. The summed E-state index contributed by atoms with van der Waals surface area (Å²) in [6, 6.07) is 4.88. The number of hydrogen-bond donors (Lipinski definition) is 3. The molecule has 1 saturated carbocycles. The molecular weight excluding hydrogens is 369 g/mol. The molecule has 2 unspecified atom stereocenters. The summed E-state index contributed by atoms with van der Waals surface area (Å²) in [5.41, 5.74) is -0.561. The molecule has 1 amide bonds. The Morgan fingerprint density at radius 1 is 1.55 bits per heavy atom. The molecule has 4 nitrogen and oxygen atoms in total. The predicted molar refractivity (Wildman–Crippen MR) is 85.7 cm³/mol. The van der Waals surface area contributed by atoms with Crippen molar-refractivity contribution in [2.24, 2.45) is 5.92 Å². The van der Waals surface area contributed by atoms with Crippen LogP contribution in [0.3, 0.4) is 0 Å². The number of benzene rings is 1. The SMILES string of the molecule is CC1CCCC(O)(CNC(=O)c2cc(I)ccc2O)C1. The lowest BCUT2D eigenvalue weighted by molar-refractivity contribution is -0.0109. The average molecular weight is 389 g/mol. The number of hydrogen-bond acceptors (Lipinski definition) is 3. The molecule has 0 saturated heterocycles. The Labute approximate surface area is 132 Å². The predicted octanol–water partition coefficient (Wildman–Crippen LogP) is 2.67. The molecular formula is C15H20INO3.